The van der Waals surface area contributed by atoms with Crippen LogP contribution in [0.1, 0.15) is 22.3 Å². The van der Waals surface area contributed by atoms with Gasteiger partial charge in [0.2, 0.25) is 0 Å². The van der Waals surface area contributed by atoms with Gasteiger partial charge >= 0.3 is 12.1 Å². The lowest BCUT2D eigenvalue weighted by Crippen LogP contribution is -2.27. The molecule has 0 bridgehead atoms. The number of para-hydroxylation sites is 1. The number of ether oxygens (including phenoxy) is 1. The van der Waals surface area contributed by atoms with Crippen LogP contribution in [-0.2, 0) is 11.0 Å². The van der Waals surface area contributed by atoms with Crippen molar-refractivity contribution in [3.8, 4) is 5.75 Å². The van der Waals surface area contributed by atoms with Crippen molar-refractivity contribution in [3.63, 3.8) is 0 Å². The van der Waals surface area contributed by atoms with Crippen molar-refractivity contribution in [3.05, 3.63) is 64.1 Å². The maximum absolute atomic E-state index is 12.8. The molecule has 0 saturated carbocycles. The molecule has 8 heteroatoms. The number of nitrogens with one attached hydrogen (secondary N) is 1. The third kappa shape index (κ3) is 5.60. The Labute approximate surface area is 150 Å². The van der Waals surface area contributed by atoms with E-state index in [1.165, 1.54) is 12.1 Å². The molecule has 0 aliphatic heterocycles. The summed E-state index contributed by atoms with van der Waals surface area (Å²) in [5.74, 6) is -1.82. The SMILES string of the molecule is O=C(CCNC(=O)c1ccc(Br)cc1)Oc1ccccc1C(F)(F)F. The van der Waals surface area contributed by atoms with Gasteiger partial charge < -0.3 is 10.1 Å². The zero-order valence-corrected chi connectivity index (χ0v) is 14.4. The number of amides is 1. The van der Waals surface area contributed by atoms with Crippen LogP contribution in [0.15, 0.2) is 53.0 Å². The van der Waals surface area contributed by atoms with Gasteiger partial charge in [0.05, 0.1) is 12.0 Å². The van der Waals surface area contributed by atoms with Crippen LogP contribution in [0.25, 0.3) is 0 Å². The first-order chi connectivity index (χ1) is 11.8. The van der Waals surface area contributed by atoms with Gasteiger partial charge in [-0.25, -0.2) is 0 Å². The number of benzene rings is 2. The number of carbonyl (C=O) groups is 2. The van der Waals surface area contributed by atoms with Crippen molar-refractivity contribution in [2.45, 2.75) is 12.6 Å². The molecule has 0 saturated heterocycles. The van der Waals surface area contributed by atoms with Crippen LogP contribution in [0, 0.1) is 0 Å². The van der Waals surface area contributed by atoms with E-state index in [1.54, 1.807) is 24.3 Å². The second kappa shape index (κ2) is 8.15. The molecule has 0 unspecified atom stereocenters. The average molecular weight is 416 g/mol. The molecule has 1 N–H and O–H groups in total. The summed E-state index contributed by atoms with van der Waals surface area (Å²) in [6.07, 6.45) is -4.87. The lowest BCUT2D eigenvalue weighted by Gasteiger charge is -2.12. The fourth-order valence-corrected chi connectivity index (χ4v) is 2.21. The first-order valence-corrected chi connectivity index (χ1v) is 7.97. The van der Waals surface area contributed by atoms with Gasteiger partial charge in [-0.2, -0.15) is 13.2 Å². The number of esters is 1. The highest BCUT2D eigenvalue weighted by molar-refractivity contribution is 9.10. The van der Waals surface area contributed by atoms with E-state index in [9.17, 15) is 22.8 Å². The lowest BCUT2D eigenvalue weighted by molar-refractivity contribution is -0.142. The molecular weight excluding hydrogens is 403 g/mol. The minimum atomic E-state index is -4.62. The highest BCUT2D eigenvalue weighted by atomic mass is 79.9. The zero-order chi connectivity index (χ0) is 18.4. The van der Waals surface area contributed by atoms with Crippen LogP contribution in [0.4, 0.5) is 13.2 Å². The molecule has 2 aromatic rings. The molecule has 4 nitrogen and oxygen atoms in total. The largest absolute Gasteiger partial charge is 0.426 e. The molecule has 0 heterocycles. The summed E-state index contributed by atoms with van der Waals surface area (Å²) >= 11 is 3.24. The number of carbonyl (C=O) groups excluding carboxylic acids is 2. The van der Waals surface area contributed by atoms with E-state index in [2.05, 4.69) is 21.2 Å². The fraction of sp³-hybridized carbons (Fsp3) is 0.176. The Morgan fingerprint density at radius 1 is 1.04 bits per heavy atom. The minimum absolute atomic E-state index is 0.0537. The quantitative estimate of drug-likeness (QED) is 0.588. The summed E-state index contributed by atoms with van der Waals surface area (Å²) in [6.45, 7) is -0.0537. The van der Waals surface area contributed by atoms with E-state index in [1.807, 2.05) is 0 Å². The van der Waals surface area contributed by atoms with Gasteiger partial charge in [-0.1, -0.05) is 28.1 Å². The molecule has 0 aromatic heterocycles. The normalized spacial score (nSPS) is 11.0. The minimum Gasteiger partial charge on any atom is -0.426 e. The molecular formula is C17H13BrF3NO3. The molecule has 0 aliphatic carbocycles. The number of halogens is 4. The van der Waals surface area contributed by atoms with E-state index < -0.39 is 29.4 Å². The monoisotopic (exact) mass is 415 g/mol. The smallest absolute Gasteiger partial charge is 0.419 e. The van der Waals surface area contributed by atoms with Gasteiger partial charge in [-0.15, -0.1) is 0 Å². The van der Waals surface area contributed by atoms with Crippen molar-refractivity contribution in [2.75, 3.05) is 6.54 Å². The van der Waals surface area contributed by atoms with Crippen molar-refractivity contribution < 1.29 is 27.5 Å². The van der Waals surface area contributed by atoms with Crippen LogP contribution in [0.5, 0.6) is 5.75 Å². The Kier molecular flexibility index (Phi) is 6.19. The average Bonchev–Trinajstić information content (AvgIpc) is 2.55. The Balaban J connectivity index is 1.87. The van der Waals surface area contributed by atoms with E-state index in [4.69, 9.17) is 4.74 Å². The van der Waals surface area contributed by atoms with Gasteiger partial charge in [-0.05, 0) is 36.4 Å². The third-order valence-electron chi connectivity index (χ3n) is 3.14. The molecule has 2 rings (SSSR count). The van der Waals surface area contributed by atoms with Gasteiger partial charge in [0.1, 0.15) is 5.75 Å². The second-order valence-electron chi connectivity index (χ2n) is 4.98. The first-order valence-electron chi connectivity index (χ1n) is 7.18. The maximum Gasteiger partial charge on any atom is 0.419 e. The Morgan fingerprint density at radius 3 is 2.32 bits per heavy atom. The summed E-state index contributed by atoms with van der Waals surface area (Å²) in [4.78, 5) is 23.6. The number of hydrogen-bond donors (Lipinski definition) is 1. The summed E-state index contributed by atoms with van der Waals surface area (Å²) in [5, 5.41) is 2.50. The van der Waals surface area contributed by atoms with Gasteiger partial charge in [0, 0.05) is 16.6 Å². The summed E-state index contributed by atoms with van der Waals surface area (Å²) in [6, 6.07) is 11.0. The number of hydrogen-bond acceptors (Lipinski definition) is 3. The van der Waals surface area contributed by atoms with Crippen LogP contribution < -0.4 is 10.1 Å². The molecule has 0 spiro atoms. The zero-order valence-electron chi connectivity index (χ0n) is 12.8. The highest BCUT2D eigenvalue weighted by Gasteiger charge is 2.34. The number of alkyl halides is 3. The van der Waals surface area contributed by atoms with Gasteiger partial charge in [0.15, 0.2) is 0 Å². The first kappa shape index (κ1) is 19.0. The summed E-state index contributed by atoms with van der Waals surface area (Å²) in [7, 11) is 0. The van der Waals surface area contributed by atoms with Gasteiger partial charge in [-0.3, -0.25) is 9.59 Å². The predicted molar refractivity (Wildman–Crippen MR) is 88.2 cm³/mol. The molecule has 0 fully saturated rings. The predicted octanol–water partition coefficient (Wildman–Crippen LogP) is 4.19. The fourth-order valence-electron chi connectivity index (χ4n) is 1.94. The van der Waals surface area contributed by atoms with E-state index in [0.29, 0.717) is 5.56 Å². The molecule has 0 aliphatic rings. The Morgan fingerprint density at radius 2 is 1.68 bits per heavy atom. The van der Waals surface area contributed by atoms with Crippen LogP contribution in [0.2, 0.25) is 0 Å². The Bertz CT molecular complexity index is 760. The van der Waals surface area contributed by atoms with Crippen LogP contribution >= 0.6 is 15.9 Å². The van der Waals surface area contributed by atoms with E-state index in [0.717, 1.165) is 16.6 Å². The van der Waals surface area contributed by atoms with Crippen LogP contribution in [0.3, 0.4) is 0 Å². The highest BCUT2D eigenvalue weighted by Crippen LogP contribution is 2.35. The topological polar surface area (TPSA) is 55.4 Å². The molecule has 132 valence electrons. The third-order valence-corrected chi connectivity index (χ3v) is 3.67. The van der Waals surface area contributed by atoms with Gasteiger partial charge in [0.25, 0.3) is 5.91 Å². The molecule has 25 heavy (non-hydrogen) atoms. The standard InChI is InChI=1S/C17H13BrF3NO3/c18-12-7-5-11(6-8-12)16(24)22-10-9-15(23)25-14-4-2-1-3-13(14)17(19,20)21/h1-8H,9-10H2,(H,22,24). The maximum atomic E-state index is 12.8. The molecule has 2 aromatic carbocycles. The van der Waals surface area contributed by atoms with Crippen LogP contribution in [-0.4, -0.2) is 18.4 Å². The number of rotatable bonds is 5. The Hall–Kier alpha value is -2.35. The van der Waals surface area contributed by atoms with Crippen molar-refractivity contribution in [1.29, 1.82) is 0 Å². The molecule has 1 amide bonds. The lowest BCUT2D eigenvalue weighted by atomic mass is 10.2. The summed E-state index contributed by atoms with van der Waals surface area (Å²) < 4.78 is 44.0. The summed E-state index contributed by atoms with van der Waals surface area (Å²) in [5.41, 5.74) is -0.624. The molecule has 0 atom stereocenters. The van der Waals surface area contributed by atoms with Crippen molar-refractivity contribution in [1.82, 2.24) is 5.32 Å². The van der Waals surface area contributed by atoms with E-state index >= 15 is 0 Å². The second-order valence-corrected chi connectivity index (χ2v) is 5.90. The van der Waals surface area contributed by atoms with Crippen molar-refractivity contribution in [2.24, 2.45) is 0 Å². The van der Waals surface area contributed by atoms with Crippen molar-refractivity contribution >= 4 is 27.8 Å². The molecule has 0 radical (unpaired) electrons. The van der Waals surface area contributed by atoms with E-state index in [-0.39, 0.29) is 13.0 Å².